The number of rotatable bonds is 6. The monoisotopic (exact) mass is 289 g/mol. The van der Waals surface area contributed by atoms with Crippen molar-refractivity contribution < 1.29 is 19.1 Å². The largest absolute Gasteiger partial charge is 0.481 e. The van der Waals surface area contributed by atoms with Gasteiger partial charge in [0.15, 0.2) is 0 Å². The van der Waals surface area contributed by atoms with Crippen LogP contribution in [0.4, 0.5) is 0 Å². The number of amides is 1. The van der Waals surface area contributed by atoms with Crippen molar-refractivity contribution in [2.45, 2.75) is 13.3 Å². The van der Waals surface area contributed by atoms with Crippen LogP contribution in [0, 0.1) is 0 Å². The highest BCUT2D eigenvalue weighted by Crippen LogP contribution is 2.17. The van der Waals surface area contributed by atoms with Gasteiger partial charge in [-0.2, -0.15) is 0 Å². The normalized spacial score (nSPS) is 10.3. The van der Waals surface area contributed by atoms with Gasteiger partial charge in [0.05, 0.1) is 6.42 Å². The van der Waals surface area contributed by atoms with Gasteiger partial charge in [-0.25, -0.2) is 0 Å². The van der Waals surface area contributed by atoms with E-state index in [4.69, 9.17) is 9.52 Å². The smallest absolute Gasteiger partial charge is 0.305 e. The Morgan fingerprint density at radius 3 is 2.52 bits per heavy atom. The van der Waals surface area contributed by atoms with Crippen LogP contribution in [0.2, 0.25) is 0 Å². The first-order valence-electron chi connectivity index (χ1n) is 6.49. The zero-order valence-corrected chi connectivity index (χ0v) is 11.5. The molecule has 110 valence electrons. The molecule has 1 aromatic carbocycles. The number of hydrogen-bond acceptors (Lipinski definition) is 5. The topological polar surface area (TPSA) is 96.5 Å². The summed E-state index contributed by atoms with van der Waals surface area (Å²) in [6.07, 6.45) is 1.17. The van der Waals surface area contributed by atoms with Crippen LogP contribution >= 0.6 is 0 Å². The predicted octanol–water partition coefficient (Wildman–Crippen LogP) is 1.67. The third kappa shape index (κ3) is 3.65. The first-order chi connectivity index (χ1) is 10.1. The van der Waals surface area contributed by atoms with Crippen LogP contribution in [-0.2, 0) is 4.79 Å². The lowest BCUT2D eigenvalue weighted by Crippen LogP contribution is -2.32. The van der Waals surface area contributed by atoms with Crippen molar-refractivity contribution in [2.24, 2.45) is 0 Å². The molecule has 1 amide bonds. The molecular weight excluding hydrogens is 274 g/mol. The maximum atomic E-state index is 12.3. The fraction of sp³-hybridized carbons (Fsp3) is 0.286. The summed E-state index contributed by atoms with van der Waals surface area (Å²) in [4.78, 5) is 24.4. The third-order valence-electron chi connectivity index (χ3n) is 3.00. The summed E-state index contributed by atoms with van der Waals surface area (Å²) in [6.45, 7) is 2.46. The molecular formula is C14H15N3O4. The van der Waals surface area contributed by atoms with Crippen LogP contribution in [0.15, 0.2) is 35.1 Å². The molecule has 7 nitrogen and oxygen atoms in total. The summed E-state index contributed by atoms with van der Waals surface area (Å²) in [5.74, 6) is -0.740. The van der Waals surface area contributed by atoms with Crippen molar-refractivity contribution in [2.75, 3.05) is 13.1 Å². The minimum Gasteiger partial charge on any atom is -0.481 e. The van der Waals surface area contributed by atoms with Gasteiger partial charge in [0.1, 0.15) is 0 Å². The fourth-order valence-electron chi connectivity index (χ4n) is 1.87. The van der Waals surface area contributed by atoms with Gasteiger partial charge in [0.2, 0.25) is 12.3 Å². The van der Waals surface area contributed by atoms with E-state index >= 15 is 0 Å². The van der Waals surface area contributed by atoms with E-state index in [-0.39, 0.29) is 18.9 Å². The van der Waals surface area contributed by atoms with E-state index in [1.807, 2.05) is 6.92 Å². The van der Waals surface area contributed by atoms with Gasteiger partial charge in [0, 0.05) is 24.2 Å². The van der Waals surface area contributed by atoms with Crippen LogP contribution < -0.4 is 0 Å². The molecule has 0 bridgehead atoms. The molecule has 0 saturated heterocycles. The highest BCUT2D eigenvalue weighted by atomic mass is 16.4. The number of carboxylic acids is 1. The highest BCUT2D eigenvalue weighted by molar-refractivity contribution is 5.94. The average molecular weight is 289 g/mol. The van der Waals surface area contributed by atoms with E-state index in [1.54, 1.807) is 24.3 Å². The van der Waals surface area contributed by atoms with Gasteiger partial charge in [-0.3, -0.25) is 9.59 Å². The minimum absolute atomic E-state index is 0.0698. The molecule has 21 heavy (non-hydrogen) atoms. The highest BCUT2D eigenvalue weighted by Gasteiger charge is 2.15. The molecule has 1 N–H and O–H groups in total. The molecule has 1 aromatic heterocycles. The van der Waals surface area contributed by atoms with E-state index < -0.39 is 5.97 Å². The van der Waals surface area contributed by atoms with E-state index in [1.165, 1.54) is 11.3 Å². The van der Waals surface area contributed by atoms with E-state index in [9.17, 15) is 9.59 Å². The van der Waals surface area contributed by atoms with Crippen LogP contribution in [0.3, 0.4) is 0 Å². The Morgan fingerprint density at radius 2 is 2.00 bits per heavy atom. The molecule has 1 heterocycles. The first kappa shape index (κ1) is 14.7. The Hall–Kier alpha value is -2.70. The molecule has 0 unspecified atom stereocenters. The predicted molar refractivity (Wildman–Crippen MR) is 73.6 cm³/mol. The Kier molecular flexibility index (Phi) is 4.65. The van der Waals surface area contributed by atoms with Crippen molar-refractivity contribution >= 4 is 11.9 Å². The van der Waals surface area contributed by atoms with Crippen LogP contribution in [0.1, 0.15) is 23.7 Å². The molecule has 0 aliphatic rings. The Balaban J connectivity index is 2.09. The first-order valence-corrected chi connectivity index (χ1v) is 6.49. The van der Waals surface area contributed by atoms with Gasteiger partial charge in [0.25, 0.3) is 5.91 Å². The molecule has 0 aliphatic carbocycles. The zero-order valence-electron chi connectivity index (χ0n) is 11.5. The van der Waals surface area contributed by atoms with Crippen molar-refractivity contribution in [1.29, 1.82) is 0 Å². The van der Waals surface area contributed by atoms with Crippen molar-refractivity contribution in [1.82, 2.24) is 15.1 Å². The summed E-state index contributed by atoms with van der Waals surface area (Å²) in [7, 11) is 0. The molecule has 0 spiro atoms. The van der Waals surface area contributed by atoms with Gasteiger partial charge >= 0.3 is 5.97 Å². The zero-order chi connectivity index (χ0) is 15.2. The molecule has 0 aliphatic heterocycles. The number of benzene rings is 1. The second-order valence-corrected chi connectivity index (χ2v) is 4.35. The number of aromatic nitrogens is 2. The number of hydrogen-bond donors (Lipinski definition) is 1. The lowest BCUT2D eigenvalue weighted by molar-refractivity contribution is -0.137. The minimum atomic E-state index is -0.923. The molecule has 0 atom stereocenters. The quantitative estimate of drug-likeness (QED) is 0.869. The van der Waals surface area contributed by atoms with E-state index in [2.05, 4.69) is 10.2 Å². The lowest BCUT2D eigenvalue weighted by Gasteiger charge is -2.20. The maximum Gasteiger partial charge on any atom is 0.305 e. The molecule has 0 saturated carbocycles. The van der Waals surface area contributed by atoms with Crippen molar-refractivity contribution in [3.05, 3.63) is 36.2 Å². The summed E-state index contributed by atoms with van der Waals surface area (Å²) >= 11 is 0. The van der Waals surface area contributed by atoms with Crippen molar-refractivity contribution in [3.8, 4) is 11.5 Å². The van der Waals surface area contributed by atoms with Crippen LogP contribution in [-0.4, -0.2) is 45.2 Å². The molecule has 7 heteroatoms. The van der Waals surface area contributed by atoms with Gasteiger partial charge in [-0.15, -0.1) is 10.2 Å². The molecule has 2 aromatic rings. The molecule has 2 rings (SSSR count). The molecule has 0 fully saturated rings. The Morgan fingerprint density at radius 1 is 1.29 bits per heavy atom. The number of nitrogens with zero attached hydrogens (tertiary/aromatic N) is 3. The Bertz CT molecular complexity index is 608. The number of carboxylic acid groups (broad SMARTS) is 1. The molecule has 0 radical (unpaired) electrons. The number of carbonyl (C=O) groups is 2. The Labute approximate surface area is 121 Å². The number of carbonyl (C=O) groups excluding carboxylic acids is 1. The lowest BCUT2D eigenvalue weighted by atomic mass is 10.1. The maximum absolute atomic E-state index is 12.3. The van der Waals surface area contributed by atoms with Gasteiger partial charge < -0.3 is 14.4 Å². The standard InChI is InChI=1S/C14H15N3O4/c1-2-17(8-7-12(18)19)14(20)11-5-3-10(4-6-11)13-16-15-9-21-13/h3-6,9H,2,7-8H2,1H3,(H,18,19). The summed E-state index contributed by atoms with van der Waals surface area (Å²) in [5.41, 5.74) is 1.21. The third-order valence-corrected chi connectivity index (χ3v) is 3.00. The van der Waals surface area contributed by atoms with E-state index in [0.29, 0.717) is 18.0 Å². The summed E-state index contributed by atoms with van der Waals surface area (Å²) < 4.78 is 5.07. The second kappa shape index (κ2) is 6.65. The SMILES string of the molecule is CCN(CCC(=O)O)C(=O)c1ccc(-c2nnco2)cc1. The average Bonchev–Trinajstić information content (AvgIpc) is 3.02. The second-order valence-electron chi connectivity index (χ2n) is 4.35. The summed E-state index contributed by atoms with van der Waals surface area (Å²) in [6, 6.07) is 6.74. The van der Waals surface area contributed by atoms with Crippen molar-refractivity contribution in [3.63, 3.8) is 0 Å². The van der Waals surface area contributed by atoms with Gasteiger partial charge in [-0.05, 0) is 31.2 Å². The number of aliphatic carboxylic acids is 1. The van der Waals surface area contributed by atoms with Gasteiger partial charge in [-0.1, -0.05) is 0 Å². The van der Waals surface area contributed by atoms with Crippen LogP contribution in [0.25, 0.3) is 11.5 Å². The van der Waals surface area contributed by atoms with Crippen LogP contribution in [0.5, 0.6) is 0 Å². The van der Waals surface area contributed by atoms with E-state index in [0.717, 1.165) is 5.56 Å². The summed E-state index contributed by atoms with van der Waals surface area (Å²) in [5, 5.41) is 16.1. The fourth-order valence-corrected chi connectivity index (χ4v) is 1.87.